The Bertz CT molecular complexity index is 349. The Balaban J connectivity index is 2.02. The molecular weight excluding hydrogens is 254 g/mol. The number of carbonyl (C=O) groups excluding carboxylic acids is 2. The quantitative estimate of drug-likeness (QED) is 0.831. The van der Waals surface area contributed by atoms with Crippen molar-refractivity contribution in [3.8, 4) is 0 Å². The number of nitrogens with one attached hydrogen (secondary N) is 1. The van der Waals surface area contributed by atoms with Crippen LogP contribution >= 0.6 is 0 Å². The summed E-state index contributed by atoms with van der Waals surface area (Å²) in [6, 6.07) is -0.218. The van der Waals surface area contributed by atoms with E-state index in [2.05, 4.69) is 5.32 Å². The molecule has 0 aromatic carbocycles. The minimum atomic E-state index is -0.218. The predicted octanol–water partition coefficient (Wildman–Crippen LogP) is 0.845. The Kier molecular flexibility index (Phi) is 5.40. The van der Waals surface area contributed by atoms with E-state index in [4.69, 9.17) is 0 Å². The number of piperidine rings is 1. The zero-order chi connectivity index (χ0) is 14.5. The number of carbonyl (C=O) groups is 2. The number of rotatable bonds is 4. The number of amides is 2. The normalized spacial score (nSPS) is 26.6. The van der Waals surface area contributed by atoms with E-state index in [1.54, 1.807) is 0 Å². The van der Waals surface area contributed by atoms with E-state index in [1.165, 1.54) is 0 Å². The fraction of sp³-hybridized carbons (Fsp3) is 0.867. The minimum absolute atomic E-state index is 0.0638. The van der Waals surface area contributed by atoms with Gasteiger partial charge in [-0.05, 0) is 46.1 Å². The van der Waals surface area contributed by atoms with Gasteiger partial charge in [0.25, 0.3) is 0 Å². The van der Waals surface area contributed by atoms with Gasteiger partial charge in [0.1, 0.15) is 6.04 Å². The second-order valence-electron chi connectivity index (χ2n) is 5.74. The van der Waals surface area contributed by atoms with Gasteiger partial charge in [0.05, 0.1) is 5.92 Å². The van der Waals surface area contributed by atoms with E-state index in [9.17, 15) is 9.59 Å². The highest BCUT2D eigenvalue weighted by Crippen LogP contribution is 2.24. The van der Waals surface area contributed by atoms with Gasteiger partial charge in [0, 0.05) is 26.2 Å². The molecule has 2 amide bonds. The van der Waals surface area contributed by atoms with Crippen molar-refractivity contribution in [2.24, 2.45) is 5.92 Å². The lowest BCUT2D eigenvalue weighted by atomic mass is 9.97. The Labute approximate surface area is 121 Å². The molecule has 20 heavy (non-hydrogen) atoms. The van der Waals surface area contributed by atoms with Gasteiger partial charge in [0.2, 0.25) is 11.8 Å². The van der Waals surface area contributed by atoms with Crippen LogP contribution in [0.1, 0.15) is 39.5 Å². The lowest BCUT2D eigenvalue weighted by Gasteiger charge is -2.32. The zero-order valence-corrected chi connectivity index (χ0v) is 12.7. The molecule has 2 rings (SSSR count). The first-order valence-electron chi connectivity index (χ1n) is 7.99. The van der Waals surface area contributed by atoms with E-state index >= 15 is 0 Å². The first-order chi connectivity index (χ1) is 9.69. The van der Waals surface area contributed by atoms with Gasteiger partial charge in [-0.15, -0.1) is 0 Å². The highest BCUT2D eigenvalue weighted by atomic mass is 16.2. The molecule has 114 valence electrons. The maximum Gasteiger partial charge on any atom is 0.245 e. The monoisotopic (exact) mass is 281 g/mol. The van der Waals surface area contributed by atoms with Crippen LogP contribution in [0.2, 0.25) is 0 Å². The van der Waals surface area contributed by atoms with Crippen LogP contribution in [0.3, 0.4) is 0 Å². The van der Waals surface area contributed by atoms with Crippen LogP contribution in [0.5, 0.6) is 0 Å². The topological polar surface area (TPSA) is 52.7 Å². The van der Waals surface area contributed by atoms with E-state index in [-0.39, 0.29) is 23.8 Å². The summed E-state index contributed by atoms with van der Waals surface area (Å²) in [6.07, 6.45) is 3.78. The van der Waals surface area contributed by atoms with Crippen molar-refractivity contribution in [3.63, 3.8) is 0 Å². The van der Waals surface area contributed by atoms with Crippen molar-refractivity contribution in [1.29, 1.82) is 0 Å². The fourth-order valence-electron chi connectivity index (χ4n) is 3.33. The van der Waals surface area contributed by atoms with Crippen LogP contribution in [0, 0.1) is 5.92 Å². The molecule has 0 aromatic heterocycles. The Morgan fingerprint density at radius 3 is 2.55 bits per heavy atom. The summed E-state index contributed by atoms with van der Waals surface area (Å²) in [4.78, 5) is 28.8. The number of nitrogens with zero attached hydrogens (tertiary/aromatic N) is 2. The molecule has 0 spiro atoms. The predicted molar refractivity (Wildman–Crippen MR) is 78.3 cm³/mol. The summed E-state index contributed by atoms with van der Waals surface area (Å²) in [5, 5.41) is 3.29. The summed E-state index contributed by atoms with van der Waals surface area (Å²) in [5.41, 5.74) is 0. The molecule has 2 aliphatic heterocycles. The first kappa shape index (κ1) is 15.3. The molecule has 1 N–H and O–H groups in total. The molecule has 0 aromatic rings. The van der Waals surface area contributed by atoms with Gasteiger partial charge < -0.3 is 15.1 Å². The maximum atomic E-state index is 12.6. The summed E-state index contributed by atoms with van der Waals surface area (Å²) in [5.74, 6) is 0.374. The van der Waals surface area contributed by atoms with Crippen LogP contribution in [0.4, 0.5) is 0 Å². The van der Waals surface area contributed by atoms with Crippen molar-refractivity contribution in [1.82, 2.24) is 15.1 Å². The molecule has 2 atom stereocenters. The van der Waals surface area contributed by atoms with Crippen LogP contribution < -0.4 is 5.32 Å². The van der Waals surface area contributed by atoms with Crippen molar-refractivity contribution >= 4 is 11.8 Å². The molecule has 0 saturated carbocycles. The second kappa shape index (κ2) is 7.07. The SMILES string of the molecule is CCN(CC)C(=O)C1CCCN1C(=O)C1CCCNC1. The van der Waals surface area contributed by atoms with Crippen LogP contribution in [-0.4, -0.2) is 60.4 Å². The molecule has 5 heteroatoms. The van der Waals surface area contributed by atoms with E-state index in [1.807, 2.05) is 23.6 Å². The van der Waals surface area contributed by atoms with Gasteiger partial charge in [0.15, 0.2) is 0 Å². The molecule has 2 fully saturated rings. The standard InChI is InChI=1S/C15H27N3O2/c1-3-17(4-2)15(20)13-8-6-10-18(13)14(19)12-7-5-9-16-11-12/h12-13,16H,3-11H2,1-2H3. The number of likely N-dealkylation sites (N-methyl/N-ethyl adjacent to an activating group) is 1. The molecule has 2 aliphatic rings. The molecule has 0 radical (unpaired) electrons. The molecule has 2 saturated heterocycles. The molecule has 5 nitrogen and oxygen atoms in total. The highest BCUT2D eigenvalue weighted by molar-refractivity contribution is 5.89. The third kappa shape index (κ3) is 3.14. The van der Waals surface area contributed by atoms with Crippen LogP contribution in [-0.2, 0) is 9.59 Å². The average Bonchev–Trinajstić information content (AvgIpc) is 2.98. The second-order valence-corrected chi connectivity index (χ2v) is 5.74. The summed E-state index contributed by atoms with van der Waals surface area (Å²) in [6.45, 7) is 7.94. The minimum Gasteiger partial charge on any atom is -0.341 e. The van der Waals surface area contributed by atoms with Crippen molar-refractivity contribution in [2.75, 3.05) is 32.7 Å². The van der Waals surface area contributed by atoms with E-state index in [0.717, 1.165) is 58.4 Å². The van der Waals surface area contributed by atoms with Gasteiger partial charge in [-0.2, -0.15) is 0 Å². The van der Waals surface area contributed by atoms with Gasteiger partial charge in [-0.25, -0.2) is 0 Å². The third-order valence-electron chi connectivity index (χ3n) is 4.54. The van der Waals surface area contributed by atoms with Crippen LogP contribution in [0.15, 0.2) is 0 Å². The number of hydrogen-bond acceptors (Lipinski definition) is 3. The molecule has 2 heterocycles. The van der Waals surface area contributed by atoms with Crippen LogP contribution in [0.25, 0.3) is 0 Å². The van der Waals surface area contributed by atoms with E-state index < -0.39 is 0 Å². The molecular formula is C15H27N3O2. The maximum absolute atomic E-state index is 12.6. The average molecular weight is 281 g/mol. The van der Waals surface area contributed by atoms with Gasteiger partial charge >= 0.3 is 0 Å². The molecule has 0 aliphatic carbocycles. The smallest absolute Gasteiger partial charge is 0.245 e. The highest BCUT2D eigenvalue weighted by Gasteiger charge is 2.38. The summed E-state index contributed by atoms with van der Waals surface area (Å²) >= 11 is 0. The third-order valence-corrected chi connectivity index (χ3v) is 4.54. The first-order valence-corrected chi connectivity index (χ1v) is 7.99. The lowest BCUT2D eigenvalue weighted by molar-refractivity contribution is -0.146. The van der Waals surface area contributed by atoms with E-state index in [0.29, 0.717) is 0 Å². The Hall–Kier alpha value is -1.10. The lowest BCUT2D eigenvalue weighted by Crippen LogP contribution is -2.51. The number of hydrogen-bond donors (Lipinski definition) is 1. The van der Waals surface area contributed by atoms with Crippen molar-refractivity contribution < 1.29 is 9.59 Å². The van der Waals surface area contributed by atoms with Crippen molar-refractivity contribution in [2.45, 2.75) is 45.6 Å². The summed E-state index contributed by atoms with van der Waals surface area (Å²) in [7, 11) is 0. The Morgan fingerprint density at radius 1 is 1.20 bits per heavy atom. The van der Waals surface area contributed by atoms with Crippen molar-refractivity contribution in [3.05, 3.63) is 0 Å². The van der Waals surface area contributed by atoms with Gasteiger partial charge in [-0.1, -0.05) is 0 Å². The molecule has 0 bridgehead atoms. The zero-order valence-electron chi connectivity index (χ0n) is 12.7. The fourth-order valence-corrected chi connectivity index (χ4v) is 3.33. The van der Waals surface area contributed by atoms with Gasteiger partial charge in [-0.3, -0.25) is 9.59 Å². The number of likely N-dealkylation sites (tertiary alicyclic amines) is 1. The molecule has 2 unspecified atom stereocenters. The Morgan fingerprint density at radius 2 is 1.95 bits per heavy atom. The largest absolute Gasteiger partial charge is 0.341 e. The summed E-state index contributed by atoms with van der Waals surface area (Å²) < 4.78 is 0.